The predicted octanol–water partition coefficient (Wildman–Crippen LogP) is 1.76. The van der Waals surface area contributed by atoms with Crippen molar-refractivity contribution >= 4 is 11.4 Å². The third-order valence-corrected chi connectivity index (χ3v) is 2.32. The summed E-state index contributed by atoms with van der Waals surface area (Å²) in [7, 11) is 0. The summed E-state index contributed by atoms with van der Waals surface area (Å²) < 4.78 is 0. The highest BCUT2D eigenvalue weighted by molar-refractivity contribution is 5.57. The molecular weight excluding hydrogens is 176 g/mol. The predicted molar refractivity (Wildman–Crippen MR) is 60.4 cm³/mol. The minimum atomic E-state index is 0.123. The number of nitrogen functional groups attached to an aromatic ring is 1. The van der Waals surface area contributed by atoms with E-state index in [0.29, 0.717) is 0 Å². The molecule has 4 N–H and O–H groups in total. The van der Waals surface area contributed by atoms with Gasteiger partial charge in [-0.15, -0.1) is 0 Å². The Morgan fingerprint density at radius 1 is 1.50 bits per heavy atom. The maximum Gasteiger partial charge on any atom is 0.0632 e. The first-order valence-corrected chi connectivity index (χ1v) is 4.91. The largest absolute Gasteiger partial charge is 0.399 e. The van der Waals surface area contributed by atoms with Gasteiger partial charge >= 0.3 is 0 Å². The number of anilines is 2. The van der Waals surface area contributed by atoms with Gasteiger partial charge < -0.3 is 16.2 Å². The zero-order valence-corrected chi connectivity index (χ0v) is 8.75. The second kappa shape index (κ2) is 4.86. The molecule has 0 heterocycles. The number of aliphatic hydroxyl groups excluding tert-OH is 1. The number of benzene rings is 1. The Labute approximate surface area is 84.9 Å². The lowest BCUT2D eigenvalue weighted by Gasteiger charge is -2.17. The van der Waals surface area contributed by atoms with Gasteiger partial charge in [-0.3, -0.25) is 0 Å². The summed E-state index contributed by atoms with van der Waals surface area (Å²) in [5.41, 5.74) is 8.56. The van der Waals surface area contributed by atoms with E-state index in [1.54, 1.807) is 0 Å². The van der Waals surface area contributed by atoms with Crippen LogP contribution >= 0.6 is 0 Å². The van der Waals surface area contributed by atoms with Gasteiger partial charge in [0.2, 0.25) is 0 Å². The molecule has 3 nitrogen and oxygen atoms in total. The lowest BCUT2D eigenvalue weighted by atomic mass is 10.1. The van der Waals surface area contributed by atoms with Crippen LogP contribution in [0.1, 0.15) is 18.9 Å². The van der Waals surface area contributed by atoms with E-state index in [1.807, 2.05) is 32.0 Å². The van der Waals surface area contributed by atoms with Crippen molar-refractivity contribution in [3.05, 3.63) is 23.8 Å². The Bertz CT molecular complexity index is 295. The highest BCUT2D eigenvalue weighted by Gasteiger charge is 2.05. The average Bonchev–Trinajstić information content (AvgIpc) is 2.17. The normalized spacial score (nSPS) is 12.5. The van der Waals surface area contributed by atoms with Crippen LogP contribution in [0.2, 0.25) is 0 Å². The van der Waals surface area contributed by atoms with Gasteiger partial charge in [0.1, 0.15) is 0 Å². The van der Waals surface area contributed by atoms with Crippen molar-refractivity contribution in [2.24, 2.45) is 0 Å². The third kappa shape index (κ3) is 2.64. The van der Waals surface area contributed by atoms with Crippen LogP contribution in [0, 0.1) is 6.92 Å². The summed E-state index contributed by atoms with van der Waals surface area (Å²) in [6.07, 6.45) is 0.903. The van der Waals surface area contributed by atoms with Crippen LogP contribution in [0.15, 0.2) is 18.2 Å². The number of hydrogen-bond donors (Lipinski definition) is 3. The fourth-order valence-electron chi connectivity index (χ4n) is 1.35. The van der Waals surface area contributed by atoms with Gasteiger partial charge in [-0.05, 0) is 37.1 Å². The van der Waals surface area contributed by atoms with Crippen LogP contribution in [0.25, 0.3) is 0 Å². The molecule has 1 rings (SSSR count). The van der Waals surface area contributed by atoms with E-state index in [0.717, 1.165) is 23.4 Å². The molecule has 0 aliphatic heterocycles. The summed E-state index contributed by atoms with van der Waals surface area (Å²) in [6, 6.07) is 5.85. The highest BCUT2D eigenvalue weighted by Crippen LogP contribution is 2.18. The van der Waals surface area contributed by atoms with Crippen molar-refractivity contribution in [2.75, 3.05) is 17.7 Å². The number of hydrogen-bond acceptors (Lipinski definition) is 3. The minimum absolute atomic E-state index is 0.123. The van der Waals surface area contributed by atoms with E-state index in [2.05, 4.69) is 5.32 Å². The molecule has 1 atom stereocenters. The highest BCUT2D eigenvalue weighted by atomic mass is 16.3. The molecule has 3 heteroatoms. The molecule has 0 aliphatic rings. The second-order valence-corrected chi connectivity index (χ2v) is 3.51. The zero-order valence-electron chi connectivity index (χ0n) is 8.75. The summed E-state index contributed by atoms with van der Waals surface area (Å²) in [6.45, 7) is 4.20. The summed E-state index contributed by atoms with van der Waals surface area (Å²) in [5, 5.41) is 12.3. The summed E-state index contributed by atoms with van der Waals surface area (Å²) >= 11 is 0. The van der Waals surface area contributed by atoms with Gasteiger partial charge in [0, 0.05) is 17.4 Å². The van der Waals surface area contributed by atoms with Crippen LogP contribution in [0.3, 0.4) is 0 Å². The van der Waals surface area contributed by atoms with Gasteiger partial charge in [-0.1, -0.05) is 6.92 Å². The number of nitrogens with two attached hydrogens (primary N) is 1. The van der Waals surface area contributed by atoms with Crippen LogP contribution in [0.4, 0.5) is 11.4 Å². The first kappa shape index (κ1) is 10.9. The van der Waals surface area contributed by atoms with Gasteiger partial charge in [0.25, 0.3) is 0 Å². The molecule has 1 aromatic carbocycles. The van der Waals surface area contributed by atoms with Gasteiger partial charge in [-0.2, -0.15) is 0 Å². The molecule has 0 spiro atoms. The number of rotatable bonds is 4. The zero-order chi connectivity index (χ0) is 10.6. The van der Waals surface area contributed by atoms with Crippen molar-refractivity contribution in [1.82, 2.24) is 0 Å². The second-order valence-electron chi connectivity index (χ2n) is 3.51. The fraction of sp³-hybridized carbons (Fsp3) is 0.455. The molecule has 1 aromatic rings. The molecule has 0 amide bonds. The Hall–Kier alpha value is -1.22. The standard InChI is InChI=1S/C11H18N2O/c1-3-10(7-14)13-11-5-4-9(12)6-8(11)2/h4-6,10,13-14H,3,7,12H2,1-2H3. The first-order valence-electron chi connectivity index (χ1n) is 4.91. The van der Waals surface area contributed by atoms with E-state index in [-0.39, 0.29) is 12.6 Å². The van der Waals surface area contributed by atoms with E-state index in [9.17, 15) is 0 Å². The maximum absolute atomic E-state index is 9.05. The Morgan fingerprint density at radius 3 is 2.71 bits per heavy atom. The Morgan fingerprint density at radius 2 is 2.21 bits per heavy atom. The average molecular weight is 194 g/mol. The lowest BCUT2D eigenvalue weighted by molar-refractivity contribution is 0.272. The van der Waals surface area contributed by atoms with Gasteiger partial charge in [0.05, 0.1) is 6.61 Å². The van der Waals surface area contributed by atoms with E-state index in [4.69, 9.17) is 10.8 Å². The first-order chi connectivity index (χ1) is 6.67. The lowest BCUT2D eigenvalue weighted by Crippen LogP contribution is -2.22. The third-order valence-electron chi connectivity index (χ3n) is 2.32. The quantitative estimate of drug-likeness (QED) is 0.640. The number of aryl methyl sites for hydroxylation is 1. The smallest absolute Gasteiger partial charge is 0.0632 e. The summed E-state index contributed by atoms with van der Waals surface area (Å²) in [5.74, 6) is 0. The molecule has 0 aromatic heterocycles. The Kier molecular flexibility index (Phi) is 3.77. The van der Waals surface area contributed by atoms with E-state index >= 15 is 0 Å². The molecule has 78 valence electrons. The van der Waals surface area contributed by atoms with Crippen molar-refractivity contribution < 1.29 is 5.11 Å². The monoisotopic (exact) mass is 194 g/mol. The molecule has 0 bridgehead atoms. The topological polar surface area (TPSA) is 58.3 Å². The molecule has 0 saturated carbocycles. The van der Waals surface area contributed by atoms with Crippen molar-refractivity contribution in [3.63, 3.8) is 0 Å². The van der Waals surface area contributed by atoms with Crippen molar-refractivity contribution in [3.8, 4) is 0 Å². The Balaban J connectivity index is 2.76. The maximum atomic E-state index is 9.05. The number of nitrogens with one attached hydrogen (secondary N) is 1. The molecule has 0 fully saturated rings. The fourth-order valence-corrected chi connectivity index (χ4v) is 1.35. The molecule has 0 aliphatic carbocycles. The minimum Gasteiger partial charge on any atom is -0.399 e. The van der Waals surface area contributed by atoms with Crippen molar-refractivity contribution in [2.45, 2.75) is 26.3 Å². The SMILES string of the molecule is CCC(CO)Nc1ccc(N)cc1C. The van der Waals surface area contributed by atoms with Crippen molar-refractivity contribution in [1.29, 1.82) is 0 Å². The van der Waals surface area contributed by atoms with Crippen LogP contribution < -0.4 is 11.1 Å². The molecule has 0 saturated heterocycles. The van der Waals surface area contributed by atoms with Gasteiger partial charge in [0.15, 0.2) is 0 Å². The van der Waals surface area contributed by atoms with E-state index < -0.39 is 0 Å². The summed E-state index contributed by atoms with van der Waals surface area (Å²) in [4.78, 5) is 0. The molecule has 14 heavy (non-hydrogen) atoms. The van der Waals surface area contributed by atoms with Crippen LogP contribution in [-0.4, -0.2) is 17.8 Å². The number of aliphatic hydroxyl groups is 1. The van der Waals surface area contributed by atoms with Crippen LogP contribution in [0.5, 0.6) is 0 Å². The van der Waals surface area contributed by atoms with Gasteiger partial charge in [-0.25, -0.2) is 0 Å². The molecule has 0 radical (unpaired) electrons. The van der Waals surface area contributed by atoms with E-state index in [1.165, 1.54) is 0 Å². The van der Waals surface area contributed by atoms with Crippen LogP contribution in [-0.2, 0) is 0 Å². The molecular formula is C11H18N2O. The molecule has 1 unspecified atom stereocenters.